The third kappa shape index (κ3) is 3.55. The number of amides is 2. The van der Waals surface area contributed by atoms with Crippen LogP contribution >= 0.6 is 0 Å². The summed E-state index contributed by atoms with van der Waals surface area (Å²) in [6, 6.07) is 15.1. The lowest BCUT2D eigenvalue weighted by Crippen LogP contribution is -2.51. The molecule has 2 aromatic carbocycles. The third-order valence-electron chi connectivity index (χ3n) is 5.59. The molecular weight excluding hydrogens is 372 g/mol. The molecule has 7 nitrogen and oxygen atoms in total. The maximum atomic E-state index is 12.2. The highest BCUT2D eigenvalue weighted by molar-refractivity contribution is 5.92. The number of hydrogen-bond acceptors (Lipinski definition) is 4. The molecule has 0 bridgehead atoms. The molecule has 0 heterocycles. The minimum absolute atomic E-state index is 0.0703. The predicted octanol–water partition coefficient (Wildman–Crippen LogP) is 2.65. The summed E-state index contributed by atoms with van der Waals surface area (Å²) in [5.41, 5.74) is 3.28. The summed E-state index contributed by atoms with van der Waals surface area (Å²) in [4.78, 5) is 35.6. The summed E-state index contributed by atoms with van der Waals surface area (Å²) in [6.07, 6.45) is 0.0759. The van der Waals surface area contributed by atoms with E-state index in [2.05, 4.69) is 22.8 Å². The molecule has 1 fully saturated rings. The molecular formula is C22H22N2O5. The Morgan fingerprint density at radius 2 is 1.62 bits per heavy atom. The zero-order chi connectivity index (χ0) is 20.6. The Kier molecular flexibility index (Phi) is 4.74. The van der Waals surface area contributed by atoms with Crippen LogP contribution in [0, 0.1) is 0 Å². The average Bonchev–Trinajstić information content (AvgIpc) is 3.43. The first-order valence-corrected chi connectivity index (χ1v) is 9.58. The molecule has 2 amide bonds. The summed E-state index contributed by atoms with van der Waals surface area (Å²) < 4.78 is 5.41. The first-order chi connectivity index (χ1) is 13.9. The van der Waals surface area contributed by atoms with Gasteiger partial charge in [0.15, 0.2) is 0 Å². The van der Waals surface area contributed by atoms with E-state index in [4.69, 9.17) is 9.84 Å². The molecule has 0 spiro atoms. The summed E-state index contributed by atoms with van der Waals surface area (Å²) in [5.74, 6) is -1.67. The Bertz CT molecular complexity index is 937. The Morgan fingerprint density at radius 1 is 1.07 bits per heavy atom. The van der Waals surface area contributed by atoms with Gasteiger partial charge in [0, 0.05) is 5.92 Å². The molecule has 0 aromatic heterocycles. The number of carboxylic acids is 1. The van der Waals surface area contributed by atoms with Crippen molar-refractivity contribution in [2.24, 2.45) is 0 Å². The number of carboxylic acid groups (broad SMARTS) is 1. The maximum Gasteiger partial charge on any atom is 0.407 e. The lowest BCUT2D eigenvalue weighted by atomic mass is 9.98. The van der Waals surface area contributed by atoms with E-state index >= 15 is 0 Å². The summed E-state index contributed by atoms with van der Waals surface area (Å²) in [6.45, 7) is 1.64. The number of alkyl carbamates (subject to hydrolysis) is 1. The van der Waals surface area contributed by atoms with Crippen molar-refractivity contribution in [3.63, 3.8) is 0 Å². The van der Waals surface area contributed by atoms with E-state index in [-0.39, 0.29) is 12.5 Å². The van der Waals surface area contributed by atoms with Gasteiger partial charge in [-0.25, -0.2) is 9.59 Å². The van der Waals surface area contributed by atoms with Crippen LogP contribution in [0.4, 0.5) is 4.79 Å². The van der Waals surface area contributed by atoms with Crippen LogP contribution in [0.2, 0.25) is 0 Å². The predicted molar refractivity (Wildman–Crippen MR) is 105 cm³/mol. The van der Waals surface area contributed by atoms with Crippen molar-refractivity contribution in [3.8, 4) is 11.1 Å². The van der Waals surface area contributed by atoms with Gasteiger partial charge in [-0.15, -0.1) is 0 Å². The molecule has 0 radical (unpaired) electrons. The van der Waals surface area contributed by atoms with Crippen molar-refractivity contribution in [2.45, 2.75) is 37.3 Å². The van der Waals surface area contributed by atoms with Crippen LogP contribution in [0.15, 0.2) is 48.5 Å². The van der Waals surface area contributed by atoms with Crippen LogP contribution < -0.4 is 10.6 Å². The van der Waals surface area contributed by atoms with E-state index in [0.29, 0.717) is 12.8 Å². The van der Waals surface area contributed by atoms with Gasteiger partial charge in [0.05, 0.1) is 0 Å². The SMILES string of the molecule is C[C@@H](NC(=O)OCC1c2ccccc2-c2ccccc21)C(=O)NC1(C(=O)O)CC1. The van der Waals surface area contributed by atoms with Crippen molar-refractivity contribution < 1.29 is 24.2 Å². The number of ether oxygens (including phenoxy) is 1. The molecule has 29 heavy (non-hydrogen) atoms. The fraction of sp³-hybridized carbons (Fsp3) is 0.318. The van der Waals surface area contributed by atoms with Crippen LogP contribution in [0.1, 0.15) is 36.8 Å². The average molecular weight is 394 g/mol. The molecule has 4 rings (SSSR count). The van der Waals surface area contributed by atoms with E-state index in [1.165, 1.54) is 6.92 Å². The van der Waals surface area contributed by atoms with Crippen molar-refractivity contribution in [3.05, 3.63) is 59.7 Å². The van der Waals surface area contributed by atoms with Gasteiger partial charge in [0.25, 0.3) is 0 Å². The third-order valence-corrected chi connectivity index (χ3v) is 5.59. The fourth-order valence-electron chi connectivity index (χ4n) is 3.74. The molecule has 0 saturated heterocycles. The molecule has 2 aliphatic rings. The summed E-state index contributed by atoms with van der Waals surface area (Å²) in [5, 5.41) is 14.1. The number of carbonyl (C=O) groups is 3. The second-order valence-corrected chi connectivity index (χ2v) is 7.57. The van der Waals surface area contributed by atoms with Crippen LogP contribution in [0.3, 0.4) is 0 Å². The summed E-state index contributed by atoms with van der Waals surface area (Å²) >= 11 is 0. The highest BCUT2D eigenvalue weighted by atomic mass is 16.5. The van der Waals surface area contributed by atoms with Crippen LogP contribution in [0.5, 0.6) is 0 Å². The molecule has 0 aliphatic heterocycles. The molecule has 2 aliphatic carbocycles. The van der Waals surface area contributed by atoms with E-state index < -0.39 is 29.6 Å². The number of fused-ring (bicyclic) bond motifs is 3. The largest absolute Gasteiger partial charge is 0.480 e. The number of nitrogens with one attached hydrogen (secondary N) is 2. The van der Waals surface area contributed by atoms with Crippen molar-refractivity contribution in [2.75, 3.05) is 6.61 Å². The highest BCUT2D eigenvalue weighted by Crippen LogP contribution is 2.44. The molecule has 7 heteroatoms. The lowest BCUT2D eigenvalue weighted by molar-refractivity contribution is -0.143. The second-order valence-electron chi connectivity index (χ2n) is 7.57. The second kappa shape index (κ2) is 7.24. The Balaban J connectivity index is 1.36. The zero-order valence-electron chi connectivity index (χ0n) is 16.0. The van der Waals surface area contributed by atoms with E-state index in [0.717, 1.165) is 22.3 Å². The molecule has 3 N–H and O–H groups in total. The van der Waals surface area contributed by atoms with Crippen LogP contribution in [0.25, 0.3) is 11.1 Å². The van der Waals surface area contributed by atoms with Gasteiger partial charge in [0.2, 0.25) is 5.91 Å². The van der Waals surface area contributed by atoms with Gasteiger partial charge < -0.3 is 20.5 Å². The first kappa shape index (κ1) is 19.0. The molecule has 2 aromatic rings. The van der Waals surface area contributed by atoms with Gasteiger partial charge in [-0.1, -0.05) is 48.5 Å². The highest BCUT2D eigenvalue weighted by Gasteiger charge is 2.52. The van der Waals surface area contributed by atoms with E-state index in [1.54, 1.807) is 0 Å². The lowest BCUT2D eigenvalue weighted by Gasteiger charge is -2.19. The van der Waals surface area contributed by atoms with Crippen molar-refractivity contribution in [1.82, 2.24) is 10.6 Å². The monoisotopic (exact) mass is 394 g/mol. The number of hydrogen-bond donors (Lipinski definition) is 3. The minimum Gasteiger partial charge on any atom is -0.480 e. The molecule has 0 unspecified atom stereocenters. The van der Waals surface area contributed by atoms with Gasteiger partial charge in [-0.3, -0.25) is 4.79 Å². The molecule has 1 atom stereocenters. The first-order valence-electron chi connectivity index (χ1n) is 9.58. The van der Waals surface area contributed by atoms with Gasteiger partial charge in [-0.2, -0.15) is 0 Å². The normalized spacial score (nSPS) is 16.9. The number of carbonyl (C=O) groups excluding carboxylic acids is 2. The van der Waals surface area contributed by atoms with Gasteiger partial charge in [-0.05, 0) is 42.0 Å². The zero-order valence-corrected chi connectivity index (χ0v) is 16.0. The van der Waals surface area contributed by atoms with Gasteiger partial charge in [0.1, 0.15) is 18.2 Å². The van der Waals surface area contributed by atoms with Crippen molar-refractivity contribution in [1.29, 1.82) is 0 Å². The Hall–Kier alpha value is -3.35. The molecule has 150 valence electrons. The van der Waals surface area contributed by atoms with E-state index in [1.807, 2.05) is 36.4 Å². The van der Waals surface area contributed by atoms with E-state index in [9.17, 15) is 14.4 Å². The summed E-state index contributed by atoms with van der Waals surface area (Å²) in [7, 11) is 0. The smallest absolute Gasteiger partial charge is 0.407 e. The van der Waals surface area contributed by atoms with Crippen LogP contribution in [-0.2, 0) is 14.3 Å². The number of aliphatic carboxylic acids is 1. The Morgan fingerprint density at radius 3 is 2.14 bits per heavy atom. The Labute approximate surface area is 168 Å². The number of benzene rings is 2. The quantitative estimate of drug-likeness (QED) is 0.699. The standard InChI is InChI=1S/C22H22N2O5/c1-13(19(25)24-22(10-11-22)20(26)27)23-21(28)29-12-18-16-8-4-2-6-14(16)15-7-3-5-9-17(15)18/h2-9,13,18H,10-12H2,1H3,(H,23,28)(H,24,25)(H,26,27)/t13-/m1/s1. The maximum absolute atomic E-state index is 12.2. The fourth-order valence-corrected chi connectivity index (χ4v) is 3.74. The molecule has 1 saturated carbocycles. The van der Waals surface area contributed by atoms with Crippen LogP contribution in [-0.4, -0.2) is 41.3 Å². The van der Waals surface area contributed by atoms with Crippen molar-refractivity contribution >= 4 is 18.0 Å². The topological polar surface area (TPSA) is 105 Å². The van der Waals surface area contributed by atoms with Gasteiger partial charge >= 0.3 is 12.1 Å². The number of rotatable bonds is 6. The minimum atomic E-state index is -1.19.